The molecule has 326 valence electrons. The summed E-state index contributed by atoms with van der Waals surface area (Å²) in [7, 11) is 0. The number of rotatable bonds is 6. The molecular formula is C60H65N3O. The fourth-order valence-electron chi connectivity index (χ4n) is 8.75. The largest absolute Gasteiger partial charge is 0.507 e. The first-order valence-corrected chi connectivity index (χ1v) is 22.4. The van der Waals surface area contributed by atoms with Gasteiger partial charge in [-0.2, -0.15) is 0 Å². The number of aromatic hydroxyl groups is 1. The first kappa shape index (κ1) is 38.2. The lowest BCUT2D eigenvalue weighted by Gasteiger charge is -2.28. The second kappa shape index (κ2) is 16.1. The lowest BCUT2D eigenvalue weighted by molar-refractivity contribution is 0.446. The Morgan fingerprint density at radius 3 is 1.81 bits per heavy atom. The molecule has 0 radical (unpaired) electrons. The van der Waals surface area contributed by atoms with Crippen LogP contribution in [0.4, 0.5) is 0 Å². The Bertz CT molecular complexity index is 3310. The molecule has 1 N–H and O–H groups in total. The molecule has 0 aliphatic carbocycles. The molecular weight excluding hydrogens is 779 g/mol. The van der Waals surface area contributed by atoms with Crippen LogP contribution in [0, 0.1) is 13.8 Å². The molecule has 2 heterocycles. The Hall–Kier alpha value is -6.26. The van der Waals surface area contributed by atoms with Gasteiger partial charge in [0.2, 0.25) is 0 Å². The summed E-state index contributed by atoms with van der Waals surface area (Å²) in [6.07, 6.45) is 1.73. The van der Waals surface area contributed by atoms with Crippen molar-refractivity contribution in [2.75, 3.05) is 0 Å². The second-order valence-electron chi connectivity index (χ2n) is 21.6. The molecule has 0 bridgehead atoms. The maximum Gasteiger partial charge on any atom is 0.149 e. The van der Waals surface area contributed by atoms with E-state index in [-0.39, 0.29) is 57.1 Å². The lowest BCUT2D eigenvalue weighted by Crippen LogP contribution is -2.17. The van der Waals surface area contributed by atoms with Crippen LogP contribution in [0.1, 0.15) is 123 Å². The van der Waals surface area contributed by atoms with Gasteiger partial charge < -0.3 is 5.11 Å². The van der Waals surface area contributed by atoms with Gasteiger partial charge in [-0.15, -0.1) is 0 Å². The van der Waals surface area contributed by atoms with Crippen molar-refractivity contribution >= 4 is 11.0 Å². The van der Waals surface area contributed by atoms with Crippen LogP contribution in [0.3, 0.4) is 0 Å². The number of pyridine rings is 1. The van der Waals surface area contributed by atoms with E-state index in [2.05, 4.69) is 179 Å². The van der Waals surface area contributed by atoms with Crippen LogP contribution >= 0.6 is 0 Å². The van der Waals surface area contributed by atoms with E-state index in [1.54, 1.807) is 6.20 Å². The summed E-state index contributed by atoms with van der Waals surface area (Å²) >= 11 is 0. The third-order valence-electron chi connectivity index (χ3n) is 12.5. The number of hydrogen-bond donors (Lipinski definition) is 1. The molecule has 0 amide bonds. The van der Waals surface area contributed by atoms with Crippen LogP contribution in [0.5, 0.6) is 5.75 Å². The van der Waals surface area contributed by atoms with Gasteiger partial charge in [-0.25, -0.2) is 4.98 Å². The molecule has 0 atom stereocenters. The minimum Gasteiger partial charge on any atom is -0.507 e. The van der Waals surface area contributed by atoms with E-state index in [1.807, 2.05) is 19.9 Å². The quantitative estimate of drug-likeness (QED) is 0.181. The molecule has 64 heavy (non-hydrogen) atoms. The highest BCUT2D eigenvalue weighted by molar-refractivity contribution is 5.98. The molecule has 0 spiro atoms. The first-order valence-electron chi connectivity index (χ1n) is 24.9. The van der Waals surface area contributed by atoms with Gasteiger partial charge in [0.05, 0.1) is 34.8 Å². The molecule has 0 aliphatic heterocycles. The van der Waals surface area contributed by atoms with Crippen LogP contribution in [-0.2, 0) is 21.7 Å². The van der Waals surface area contributed by atoms with E-state index < -0.39 is 6.04 Å². The molecule has 8 rings (SSSR count). The molecule has 0 unspecified atom stereocenters. The van der Waals surface area contributed by atoms with Crippen LogP contribution < -0.4 is 0 Å². The van der Waals surface area contributed by atoms with Crippen LogP contribution in [0.15, 0.2) is 133 Å². The van der Waals surface area contributed by atoms with E-state index in [1.165, 1.54) is 5.56 Å². The highest BCUT2D eigenvalue weighted by Crippen LogP contribution is 2.46. The summed E-state index contributed by atoms with van der Waals surface area (Å²) in [5.74, 6) is 0.827. The number of nitrogens with zero attached hydrogens (tertiary/aromatic N) is 3. The maximum atomic E-state index is 12.6. The topological polar surface area (TPSA) is 50.9 Å². The fraction of sp³-hybridized carbons (Fsp3) is 0.300. The minimum absolute atomic E-state index is 0.119. The van der Waals surface area contributed by atoms with E-state index in [4.69, 9.17) is 16.8 Å². The third-order valence-corrected chi connectivity index (χ3v) is 12.5. The third kappa shape index (κ3) is 8.31. The molecule has 2 aromatic heterocycles. The van der Waals surface area contributed by atoms with E-state index in [0.717, 1.165) is 61.2 Å². The summed E-state index contributed by atoms with van der Waals surface area (Å²) in [5.41, 5.74) is 14.0. The Morgan fingerprint density at radius 1 is 0.547 bits per heavy atom. The molecule has 0 saturated carbocycles. The minimum atomic E-state index is -0.425. The number of benzene rings is 6. The normalized spacial score (nSPS) is 13.7. The SMILES string of the molecule is [2H]c1c([2H])c([2H])c(-c2c(C)cnc(-c3cc(-c4cccc5c4nc(-c4cc(C(C)(C)C)cc(C(C)(C)C)c4O)n5-c4ccc(C(C)(C)C)cc4-c4ccccc4)cc(C(C)(C)C)c3)c2C)c([2H])c1[2H]. The van der Waals surface area contributed by atoms with Crippen molar-refractivity contribution in [3.05, 3.63) is 167 Å². The molecule has 0 fully saturated rings. The number of phenols is 1. The number of aryl methyl sites for hydroxylation is 1. The lowest BCUT2D eigenvalue weighted by atomic mass is 9.79. The molecule has 0 saturated heterocycles. The van der Waals surface area contributed by atoms with Gasteiger partial charge >= 0.3 is 0 Å². The van der Waals surface area contributed by atoms with Crippen molar-refractivity contribution < 1.29 is 12.0 Å². The fourth-order valence-corrected chi connectivity index (χ4v) is 8.75. The van der Waals surface area contributed by atoms with Crippen molar-refractivity contribution in [1.82, 2.24) is 14.5 Å². The van der Waals surface area contributed by atoms with Crippen molar-refractivity contribution in [2.45, 2.75) is 119 Å². The Kier molecular flexibility index (Phi) is 9.60. The molecule has 0 aliphatic rings. The predicted octanol–water partition coefficient (Wildman–Crippen LogP) is 16.3. The van der Waals surface area contributed by atoms with Gasteiger partial charge in [0, 0.05) is 28.5 Å². The van der Waals surface area contributed by atoms with Gasteiger partial charge in [0.25, 0.3) is 0 Å². The summed E-state index contributed by atoms with van der Waals surface area (Å²) in [4.78, 5) is 10.7. The van der Waals surface area contributed by atoms with Crippen LogP contribution in [0.25, 0.3) is 72.7 Å². The summed E-state index contributed by atoms with van der Waals surface area (Å²) < 4.78 is 45.3. The number of hydrogen-bond acceptors (Lipinski definition) is 3. The van der Waals surface area contributed by atoms with Crippen LogP contribution in [0.2, 0.25) is 0 Å². The molecule has 4 nitrogen and oxygen atoms in total. The van der Waals surface area contributed by atoms with Gasteiger partial charge in [-0.1, -0.05) is 174 Å². The second-order valence-corrected chi connectivity index (χ2v) is 21.6. The number of phenolic OH excluding ortho intramolecular Hbond substituents is 1. The van der Waals surface area contributed by atoms with Crippen molar-refractivity contribution in [2.24, 2.45) is 0 Å². The molecule has 8 aromatic rings. The number of aromatic nitrogens is 3. The summed E-state index contributed by atoms with van der Waals surface area (Å²) in [6.45, 7) is 30.0. The van der Waals surface area contributed by atoms with Crippen molar-refractivity contribution in [3.63, 3.8) is 0 Å². The van der Waals surface area contributed by atoms with Crippen molar-refractivity contribution in [1.29, 1.82) is 0 Å². The maximum absolute atomic E-state index is 12.6. The standard InChI is InChI=1S/C60H65N3O/c1-37-36-61-53(38(2)52(37)40-24-19-16-20-25-40)42-30-41(31-44(32-42)58(6,7)8)46-26-21-27-51-54(46)62-56(48-34-45(59(9,10)11)35-49(55(48)64)60(12,13)14)63(51)50-29-28-43(57(3,4)5)33-47(50)39-22-17-15-18-23-39/h15-36,64H,1-14H3/i16D,19D,20D,24D,25D. The number of para-hydroxylation sites is 1. The summed E-state index contributed by atoms with van der Waals surface area (Å²) in [6, 6.07) is 32.6. The highest BCUT2D eigenvalue weighted by atomic mass is 16.3. The zero-order chi connectivity index (χ0) is 50.4. The number of fused-ring (bicyclic) bond motifs is 1. The van der Waals surface area contributed by atoms with Gasteiger partial charge in [0.1, 0.15) is 11.6 Å². The van der Waals surface area contributed by atoms with Gasteiger partial charge in [-0.05, 0) is 122 Å². The zero-order valence-electron chi connectivity index (χ0n) is 45.1. The Balaban J connectivity index is 1.48. The van der Waals surface area contributed by atoms with E-state index in [9.17, 15) is 5.11 Å². The van der Waals surface area contributed by atoms with E-state index in [0.29, 0.717) is 33.8 Å². The molecule has 6 aromatic carbocycles. The summed E-state index contributed by atoms with van der Waals surface area (Å²) in [5, 5.41) is 12.6. The Morgan fingerprint density at radius 2 is 1.17 bits per heavy atom. The smallest absolute Gasteiger partial charge is 0.149 e. The highest BCUT2D eigenvalue weighted by Gasteiger charge is 2.30. The van der Waals surface area contributed by atoms with E-state index >= 15 is 0 Å². The predicted molar refractivity (Wildman–Crippen MR) is 272 cm³/mol. The number of imidazole rings is 1. The monoisotopic (exact) mass is 849 g/mol. The molecule has 4 heteroatoms. The zero-order valence-corrected chi connectivity index (χ0v) is 40.1. The first-order chi connectivity index (χ1) is 32.1. The van der Waals surface area contributed by atoms with Crippen molar-refractivity contribution in [3.8, 4) is 67.5 Å². The Labute approximate surface area is 389 Å². The van der Waals surface area contributed by atoms with Gasteiger partial charge in [0.15, 0.2) is 0 Å². The van der Waals surface area contributed by atoms with Gasteiger partial charge in [-0.3, -0.25) is 9.55 Å². The average molecular weight is 849 g/mol. The van der Waals surface area contributed by atoms with Crippen LogP contribution in [-0.4, -0.2) is 19.6 Å². The average Bonchev–Trinajstić information content (AvgIpc) is 3.66.